The van der Waals surface area contributed by atoms with Gasteiger partial charge < -0.3 is 20.5 Å². The number of halogens is 2. The van der Waals surface area contributed by atoms with Crippen LogP contribution in [0.3, 0.4) is 0 Å². The molecule has 19 heavy (non-hydrogen) atoms. The highest BCUT2D eigenvalue weighted by Gasteiger charge is 2.41. The average molecular weight is 278 g/mol. The molecule has 0 aliphatic carbocycles. The molecule has 1 aromatic heterocycles. The number of rotatable bonds is 7. The van der Waals surface area contributed by atoms with Crippen LogP contribution < -0.4 is 5.32 Å². The van der Waals surface area contributed by atoms with Gasteiger partial charge in [-0.2, -0.15) is 8.78 Å². The number of nitrogens with one attached hydrogen (secondary N) is 1. The maximum atomic E-state index is 13.5. The molecule has 1 aromatic rings. The van der Waals surface area contributed by atoms with Crippen molar-refractivity contribution in [1.82, 2.24) is 14.9 Å². The number of hydrogen-bond donors (Lipinski definition) is 2. The van der Waals surface area contributed by atoms with E-state index in [1.54, 1.807) is 0 Å². The minimum absolute atomic E-state index is 0.100. The van der Waals surface area contributed by atoms with E-state index in [9.17, 15) is 23.7 Å². The van der Waals surface area contributed by atoms with E-state index in [2.05, 4.69) is 4.98 Å². The zero-order chi connectivity index (χ0) is 14.5. The second-order valence-corrected chi connectivity index (χ2v) is 3.65. The van der Waals surface area contributed by atoms with Crippen molar-refractivity contribution in [2.75, 3.05) is 13.2 Å². The van der Waals surface area contributed by atoms with Crippen molar-refractivity contribution in [3.05, 3.63) is 22.5 Å². The molecule has 0 aliphatic rings. The van der Waals surface area contributed by atoms with Crippen LogP contribution in [0, 0.1) is 10.1 Å². The maximum Gasteiger partial charge on any atom is 0.434 e. The molecular formula is C9H12F2N4O4. The first-order chi connectivity index (χ1) is 8.88. The lowest BCUT2D eigenvalue weighted by molar-refractivity contribution is -0.397. The van der Waals surface area contributed by atoms with Crippen LogP contribution in [0.25, 0.3) is 0 Å². The van der Waals surface area contributed by atoms with Crippen LogP contribution in [-0.2, 0) is 11.3 Å². The molecule has 0 atom stereocenters. The van der Waals surface area contributed by atoms with Crippen molar-refractivity contribution in [2.45, 2.75) is 18.9 Å². The number of amides is 1. The topological polar surface area (TPSA) is 110 Å². The summed E-state index contributed by atoms with van der Waals surface area (Å²) in [6.07, 6.45) is 2.14. The lowest BCUT2D eigenvalue weighted by Crippen LogP contribution is -2.43. The summed E-state index contributed by atoms with van der Waals surface area (Å²) in [5.74, 6) is -6.12. The van der Waals surface area contributed by atoms with Crippen molar-refractivity contribution in [3.63, 3.8) is 0 Å². The zero-order valence-electron chi connectivity index (χ0n) is 9.75. The fraction of sp³-hybridized carbons (Fsp3) is 0.556. The van der Waals surface area contributed by atoms with Crippen molar-refractivity contribution in [3.8, 4) is 0 Å². The number of nitrogens with zero attached hydrogens (tertiary/aromatic N) is 3. The zero-order valence-corrected chi connectivity index (χ0v) is 9.75. The van der Waals surface area contributed by atoms with Crippen molar-refractivity contribution in [1.29, 1.82) is 0 Å². The third kappa shape index (κ3) is 3.95. The van der Waals surface area contributed by atoms with Gasteiger partial charge >= 0.3 is 11.9 Å². The molecule has 0 fully saturated rings. The second kappa shape index (κ2) is 6.18. The molecular weight excluding hydrogens is 266 g/mol. The van der Waals surface area contributed by atoms with E-state index in [-0.39, 0.29) is 19.6 Å². The minimum Gasteiger partial charge on any atom is -0.396 e. The molecule has 1 heterocycles. The van der Waals surface area contributed by atoms with E-state index in [4.69, 9.17) is 5.11 Å². The molecule has 0 bridgehead atoms. The first-order valence-corrected chi connectivity index (χ1v) is 5.31. The van der Waals surface area contributed by atoms with Gasteiger partial charge in [0.25, 0.3) is 5.91 Å². The first kappa shape index (κ1) is 15.0. The summed E-state index contributed by atoms with van der Waals surface area (Å²) in [5.41, 5.74) is 0. The number of aliphatic hydroxyl groups excluding tert-OH is 1. The molecule has 1 rings (SSSR count). The van der Waals surface area contributed by atoms with Crippen LogP contribution in [0.15, 0.2) is 12.4 Å². The predicted octanol–water partition coefficient (Wildman–Crippen LogP) is -0.0748. The highest BCUT2D eigenvalue weighted by molar-refractivity contribution is 5.83. The molecule has 0 unspecified atom stereocenters. The van der Waals surface area contributed by atoms with Gasteiger partial charge in [-0.3, -0.25) is 4.79 Å². The highest BCUT2D eigenvalue weighted by Crippen LogP contribution is 2.19. The van der Waals surface area contributed by atoms with Crippen LogP contribution >= 0.6 is 0 Å². The van der Waals surface area contributed by atoms with E-state index >= 15 is 0 Å². The van der Waals surface area contributed by atoms with Gasteiger partial charge in [-0.05, 0) is 11.3 Å². The van der Waals surface area contributed by atoms with Crippen molar-refractivity contribution >= 4 is 11.9 Å². The van der Waals surface area contributed by atoms with E-state index in [1.807, 2.05) is 5.32 Å². The number of imidazole rings is 1. The first-order valence-electron chi connectivity index (χ1n) is 5.31. The number of hydrogen-bond acceptors (Lipinski definition) is 5. The summed E-state index contributed by atoms with van der Waals surface area (Å²) >= 11 is 0. The van der Waals surface area contributed by atoms with Gasteiger partial charge in [0, 0.05) is 13.2 Å². The van der Waals surface area contributed by atoms with Gasteiger partial charge in [0.15, 0.2) is 0 Å². The van der Waals surface area contributed by atoms with E-state index in [0.29, 0.717) is 4.57 Å². The van der Waals surface area contributed by atoms with Gasteiger partial charge in [0.1, 0.15) is 18.9 Å². The molecule has 106 valence electrons. The summed E-state index contributed by atoms with van der Waals surface area (Å²) in [6.45, 7) is -1.51. The number of aromatic nitrogens is 2. The summed E-state index contributed by atoms with van der Waals surface area (Å²) in [4.78, 5) is 24.1. The van der Waals surface area contributed by atoms with Gasteiger partial charge in [-0.1, -0.05) is 4.98 Å². The SMILES string of the molecule is O=C(NCCCO)C(F)(F)Cn1ccnc1[N+](=O)[O-]. The largest absolute Gasteiger partial charge is 0.434 e. The van der Waals surface area contributed by atoms with E-state index in [0.717, 1.165) is 12.4 Å². The smallest absolute Gasteiger partial charge is 0.396 e. The van der Waals surface area contributed by atoms with Crippen LogP contribution in [0.5, 0.6) is 0 Å². The number of alkyl halides is 2. The standard InChI is InChI=1S/C9H12F2N4O4/c10-9(11,7(17)12-2-1-5-16)6-14-4-3-13-8(14)15(18)19/h3-4,16H,1-2,5-6H2,(H,12,17). The average Bonchev–Trinajstić information content (AvgIpc) is 2.76. The molecule has 0 radical (unpaired) electrons. The lowest BCUT2D eigenvalue weighted by atomic mass is 10.3. The molecule has 1 amide bonds. The van der Waals surface area contributed by atoms with Crippen LogP contribution in [-0.4, -0.2) is 44.6 Å². The number of carbonyl (C=O) groups is 1. The van der Waals surface area contributed by atoms with Gasteiger partial charge in [0.2, 0.25) is 0 Å². The molecule has 0 spiro atoms. The molecule has 8 nitrogen and oxygen atoms in total. The summed E-state index contributed by atoms with van der Waals surface area (Å²) in [5, 5.41) is 20.9. The van der Waals surface area contributed by atoms with Crippen LogP contribution in [0.2, 0.25) is 0 Å². The third-order valence-corrected chi connectivity index (χ3v) is 2.18. The molecule has 0 aromatic carbocycles. The Morgan fingerprint density at radius 3 is 2.89 bits per heavy atom. The quantitative estimate of drug-likeness (QED) is 0.412. The fourth-order valence-corrected chi connectivity index (χ4v) is 1.29. The van der Waals surface area contributed by atoms with Crippen LogP contribution in [0.1, 0.15) is 6.42 Å². The number of nitro groups is 1. The van der Waals surface area contributed by atoms with Crippen molar-refractivity contribution in [2.24, 2.45) is 0 Å². The Labute approximate surface area is 106 Å². The lowest BCUT2D eigenvalue weighted by Gasteiger charge is -2.14. The molecule has 2 N–H and O–H groups in total. The predicted molar refractivity (Wildman–Crippen MR) is 58.5 cm³/mol. The Kier molecular flexibility index (Phi) is 4.87. The summed E-state index contributed by atoms with van der Waals surface area (Å²) in [7, 11) is 0. The molecule has 0 saturated carbocycles. The highest BCUT2D eigenvalue weighted by atomic mass is 19.3. The Bertz CT molecular complexity index is 463. The molecule has 0 aliphatic heterocycles. The Hall–Kier alpha value is -2.10. The Balaban J connectivity index is 2.70. The number of aliphatic hydroxyl groups is 1. The molecule has 10 heteroatoms. The summed E-state index contributed by atoms with van der Waals surface area (Å²) in [6, 6.07) is 0. The van der Waals surface area contributed by atoms with Gasteiger partial charge in [0.05, 0.1) is 0 Å². The van der Waals surface area contributed by atoms with Gasteiger partial charge in [-0.25, -0.2) is 4.57 Å². The fourth-order valence-electron chi connectivity index (χ4n) is 1.29. The van der Waals surface area contributed by atoms with Gasteiger partial charge in [-0.15, -0.1) is 0 Å². The monoisotopic (exact) mass is 278 g/mol. The van der Waals surface area contributed by atoms with E-state index in [1.165, 1.54) is 0 Å². The maximum absolute atomic E-state index is 13.5. The number of carbonyl (C=O) groups excluding carboxylic acids is 1. The Morgan fingerprint density at radius 2 is 2.32 bits per heavy atom. The minimum atomic E-state index is -3.80. The van der Waals surface area contributed by atoms with Crippen LogP contribution in [0.4, 0.5) is 14.7 Å². The summed E-state index contributed by atoms with van der Waals surface area (Å²) < 4.78 is 27.6. The third-order valence-electron chi connectivity index (χ3n) is 2.18. The molecule has 0 saturated heterocycles. The van der Waals surface area contributed by atoms with E-state index < -0.39 is 29.2 Å². The normalized spacial score (nSPS) is 11.3. The second-order valence-electron chi connectivity index (χ2n) is 3.65. The van der Waals surface area contributed by atoms with Crippen molar-refractivity contribution < 1.29 is 23.6 Å². The Morgan fingerprint density at radius 1 is 1.63 bits per heavy atom.